The van der Waals surface area contributed by atoms with Gasteiger partial charge >= 0.3 is 0 Å². The van der Waals surface area contributed by atoms with E-state index in [1.54, 1.807) is 23.5 Å². The largest absolute Gasteiger partial charge is 0.310 e. The van der Waals surface area contributed by atoms with Gasteiger partial charge in [-0.25, -0.2) is 0 Å². The third-order valence-electron chi connectivity index (χ3n) is 18.9. The normalized spacial score (nSPS) is 14.9. The van der Waals surface area contributed by atoms with E-state index in [2.05, 4.69) is 375 Å². The molecule has 0 saturated carbocycles. The van der Waals surface area contributed by atoms with Crippen molar-refractivity contribution in [3.8, 4) is 33.4 Å². The van der Waals surface area contributed by atoms with Gasteiger partial charge in [-0.15, -0.1) is 0 Å². The molecule has 2 atom stereocenters. The molecule has 0 fully saturated rings. The summed E-state index contributed by atoms with van der Waals surface area (Å²) in [5.74, 6) is 0. The Morgan fingerprint density at radius 2 is 0.511 bits per heavy atom. The highest BCUT2D eigenvalue weighted by Crippen LogP contribution is 2.60. The number of anilines is 6. The maximum absolute atomic E-state index is 3.95. The zero-order chi connectivity index (χ0) is 63.0. The van der Waals surface area contributed by atoms with Crippen LogP contribution in [-0.2, 0) is 10.8 Å². The molecule has 14 aromatic rings. The Morgan fingerprint density at radius 1 is 0.234 bits per heavy atom. The number of nitrogens with zero attached hydrogens (tertiary/aromatic N) is 2. The minimum Gasteiger partial charge on any atom is -0.310 e. The Kier molecular flexibility index (Phi) is 15.3. The Balaban J connectivity index is 0.750. The second-order valence-electron chi connectivity index (χ2n) is 24.0. The third kappa shape index (κ3) is 10.2. The molecule has 0 amide bonds. The van der Waals surface area contributed by atoms with E-state index >= 15 is 0 Å². The number of para-hydroxylation sites is 2. The smallest absolute Gasteiger partial charge is 0.0714 e. The summed E-state index contributed by atoms with van der Waals surface area (Å²) in [4.78, 5) is 9.58. The van der Waals surface area contributed by atoms with Crippen LogP contribution in [0.5, 0.6) is 0 Å². The van der Waals surface area contributed by atoms with Crippen molar-refractivity contribution in [2.24, 2.45) is 0 Å². The van der Waals surface area contributed by atoms with Crippen LogP contribution in [0.2, 0.25) is 0 Å². The number of benzene rings is 14. The highest BCUT2D eigenvalue weighted by Gasteiger charge is 2.48. The van der Waals surface area contributed by atoms with E-state index in [0.29, 0.717) is 0 Å². The molecule has 0 radical (unpaired) electrons. The summed E-state index contributed by atoms with van der Waals surface area (Å²) >= 11 is 3.56. The van der Waals surface area contributed by atoms with Gasteiger partial charge in [-0.05, 0) is 210 Å². The van der Waals surface area contributed by atoms with Gasteiger partial charge in [-0.3, -0.25) is 0 Å². The Labute approximate surface area is 560 Å². The van der Waals surface area contributed by atoms with Crippen molar-refractivity contribution in [1.82, 2.24) is 0 Å². The number of hydrogen-bond acceptors (Lipinski definition) is 4. The van der Waals surface area contributed by atoms with Crippen LogP contribution in [0.1, 0.15) is 55.6 Å². The lowest BCUT2D eigenvalue weighted by atomic mass is 9.67. The lowest BCUT2D eigenvalue weighted by Crippen LogP contribution is -2.28. The fourth-order valence-corrected chi connectivity index (χ4v) is 16.2. The summed E-state index contributed by atoms with van der Waals surface area (Å²) in [7, 11) is 0. The molecule has 94 heavy (non-hydrogen) atoms. The molecule has 14 aromatic carbocycles. The van der Waals surface area contributed by atoms with E-state index in [1.165, 1.54) is 86.3 Å². The number of fused-ring (bicyclic) bond motifs is 6. The first-order chi connectivity index (χ1) is 46.5. The quantitative estimate of drug-likeness (QED) is 0.0896. The topological polar surface area (TPSA) is 6.48 Å². The van der Waals surface area contributed by atoms with E-state index in [-0.39, 0.29) is 0 Å². The molecule has 0 N–H and O–H groups in total. The molecule has 0 bridgehead atoms. The van der Waals surface area contributed by atoms with Crippen LogP contribution in [0.3, 0.4) is 0 Å². The van der Waals surface area contributed by atoms with Crippen LogP contribution < -0.4 is 9.80 Å². The molecule has 446 valence electrons. The Morgan fingerprint density at radius 3 is 0.862 bits per heavy atom. The van der Waals surface area contributed by atoms with Crippen LogP contribution in [0.15, 0.2) is 385 Å². The monoisotopic (exact) mass is 1240 g/mol. The SMILES string of the molecule is C=Cc1ccc(Sc2ccc(C3(c4ccccc4)c4ccccc4-c4ccc(N(c5ccccc5)c5ccc(-c6ccc(N(c7ccccc7)c7ccc8c(c7)C(c7ccccc7)(c7ccc(Sc9ccc(C=C)cc9)cc7)c7ccccc7-8)cc6)cc5)cc43)cc2)cc1. The van der Waals surface area contributed by atoms with Crippen molar-refractivity contribution in [2.45, 2.75) is 30.4 Å². The molecule has 4 heteroatoms. The van der Waals surface area contributed by atoms with E-state index in [0.717, 1.165) is 56.4 Å². The van der Waals surface area contributed by atoms with Crippen molar-refractivity contribution in [3.63, 3.8) is 0 Å². The number of hydrogen-bond donors (Lipinski definition) is 0. The molecule has 16 rings (SSSR count). The van der Waals surface area contributed by atoms with Gasteiger partial charge in [0.1, 0.15) is 0 Å². The lowest BCUT2D eigenvalue weighted by molar-refractivity contribution is 0.767. The molecular formula is C90H64N2S2. The van der Waals surface area contributed by atoms with Crippen molar-refractivity contribution >= 4 is 69.8 Å². The number of rotatable bonds is 17. The second kappa shape index (κ2) is 24.8. The average molecular weight is 1240 g/mol. The van der Waals surface area contributed by atoms with Crippen LogP contribution in [0, 0.1) is 0 Å². The highest BCUT2D eigenvalue weighted by atomic mass is 32.2. The first kappa shape index (κ1) is 58.0. The first-order valence-corrected chi connectivity index (χ1v) is 33.6. The third-order valence-corrected chi connectivity index (χ3v) is 20.9. The summed E-state index contributed by atoms with van der Waals surface area (Å²) < 4.78 is 0. The van der Waals surface area contributed by atoms with Crippen LogP contribution in [0.4, 0.5) is 34.1 Å². The van der Waals surface area contributed by atoms with Crippen molar-refractivity contribution in [1.29, 1.82) is 0 Å². The van der Waals surface area contributed by atoms with Crippen molar-refractivity contribution in [2.75, 3.05) is 9.80 Å². The van der Waals surface area contributed by atoms with Crippen molar-refractivity contribution < 1.29 is 0 Å². The summed E-state index contributed by atoms with van der Waals surface area (Å²) in [6.07, 6.45) is 3.78. The molecule has 0 aromatic heterocycles. The summed E-state index contributed by atoms with van der Waals surface area (Å²) in [6, 6.07) is 130. The predicted octanol–water partition coefficient (Wildman–Crippen LogP) is 24.6. The van der Waals surface area contributed by atoms with Gasteiger partial charge in [-0.2, -0.15) is 0 Å². The fraction of sp³-hybridized carbons (Fsp3) is 0.0222. The van der Waals surface area contributed by atoms with Gasteiger partial charge in [0.15, 0.2) is 0 Å². The standard InChI is InChI=1S/C90H64N2S2/c1-3-63-33-51-77(52-34-63)93-79-55-41-69(42-56-79)89(67-21-9-5-10-22-67)85-31-19-17-29-81(85)83-59-49-75(61-87(83)89)91(71-25-13-7-14-26-71)73-45-37-65(38-46-73)66-39-47-74(48-40-66)92(72-27-15-8-16-28-72)76-50-60-84-82-30-18-20-32-86(82)90(88(84)62-76,68-23-11-6-12-24-68)70-43-57-80(58-44-70)94-78-53-35-64(4-2)36-54-78/h3-62H,1-2H2. The van der Waals surface area contributed by atoms with Gasteiger partial charge in [0.25, 0.3) is 0 Å². The van der Waals surface area contributed by atoms with E-state index < -0.39 is 10.8 Å². The minimum atomic E-state index is -0.585. The predicted molar refractivity (Wildman–Crippen MR) is 397 cm³/mol. The van der Waals surface area contributed by atoms with Gasteiger partial charge < -0.3 is 9.80 Å². The zero-order valence-corrected chi connectivity index (χ0v) is 53.4. The lowest BCUT2D eigenvalue weighted by Gasteiger charge is -2.35. The Bertz CT molecular complexity index is 4730. The van der Waals surface area contributed by atoms with Gasteiger partial charge in [0.2, 0.25) is 0 Å². The molecule has 0 spiro atoms. The van der Waals surface area contributed by atoms with E-state index in [1.807, 2.05) is 12.2 Å². The summed E-state index contributed by atoms with van der Waals surface area (Å²) in [5, 5.41) is 0. The minimum absolute atomic E-state index is 0.585. The average Bonchev–Trinajstić information content (AvgIpc) is 1.54. The maximum atomic E-state index is 3.95. The molecule has 0 aliphatic heterocycles. The van der Waals surface area contributed by atoms with E-state index in [4.69, 9.17) is 0 Å². The van der Waals surface area contributed by atoms with Crippen LogP contribution in [0.25, 0.3) is 45.5 Å². The van der Waals surface area contributed by atoms with Gasteiger partial charge in [-0.1, -0.05) is 279 Å². The summed E-state index contributed by atoms with van der Waals surface area (Å²) in [6.45, 7) is 7.91. The first-order valence-electron chi connectivity index (χ1n) is 32.0. The Hall–Kier alpha value is -11.1. The summed E-state index contributed by atoms with van der Waals surface area (Å²) in [5.41, 5.74) is 24.8. The van der Waals surface area contributed by atoms with Gasteiger partial charge in [0.05, 0.1) is 10.8 Å². The molecule has 2 nitrogen and oxygen atoms in total. The van der Waals surface area contributed by atoms with Crippen LogP contribution >= 0.6 is 23.5 Å². The fourth-order valence-electron chi connectivity index (χ4n) is 14.6. The van der Waals surface area contributed by atoms with E-state index in [9.17, 15) is 0 Å². The van der Waals surface area contributed by atoms with Crippen molar-refractivity contribution in [3.05, 3.63) is 421 Å². The molecule has 2 unspecified atom stereocenters. The maximum Gasteiger partial charge on any atom is 0.0714 e. The molecular weight excluding hydrogens is 1170 g/mol. The molecule has 2 aliphatic rings. The zero-order valence-electron chi connectivity index (χ0n) is 51.8. The highest BCUT2D eigenvalue weighted by molar-refractivity contribution is 7.99. The van der Waals surface area contributed by atoms with Crippen LogP contribution in [-0.4, -0.2) is 0 Å². The molecule has 0 heterocycles. The van der Waals surface area contributed by atoms with Gasteiger partial charge in [0, 0.05) is 53.7 Å². The molecule has 2 aliphatic carbocycles. The molecule has 0 saturated heterocycles. The second-order valence-corrected chi connectivity index (χ2v) is 26.3.